The van der Waals surface area contributed by atoms with Crippen LogP contribution in [0, 0.1) is 5.82 Å². The molecule has 0 aromatic heterocycles. The number of anilines is 1. The Balaban J connectivity index is 2.29. The second kappa shape index (κ2) is 4.51. The Morgan fingerprint density at radius 2 is 2.31 bits per heavy atom. The van der Waals surface area contributed by atoms with E-state index in [0.29, 0.717) is 11.0 Å². The van der Waals surface area contributed by atoms with Gasteiger partial charge < -0.3 is 10.2 Å². The van der Waals surface area contributed by atoms with Crippen molar-refractivity contribution in [2.24, 2.45) is 0 Å². The summed E-state index contributed by atoms with van der Waals surface area (Å²) in [4.78, 5) is 13.6. The molecule has 1 N–H and O–H groups in total. The van der Waals surface area contributed by atoms with Crippen molar-refractivity contribution < 1.29 is 9.18 Å². The van der Waals surface area contributed by atoms with Crippen molar-refractivity contribution in [1.29, 1.82) is 0 Å². The zero-order chi connectivity index (χ0) is 11.7. The molecule has 0 spiro atoms. The molecular formula is C11H12BrFN2O. The van der Waals surface area contributed by atoms with Gasteiger partial charge in [-0.1, -0.05) is 0 Å². The second-order valence-corrected chi connectivity index (χ2v) is 4.57. The normalized spacial score (nSPS) is 20.6. The molecule has 0 aliphatic carbocycles. The molecule has 5 heteroatoms. The van der Waals surface area contributed by atoms with Gasteiger partial charge in [-0.05, 0) is 47.6 Å². The predicted octanol–water partition coefficient (Wildman–Crippen LogP) is 1.91. The zero-order valence-corrected chi connectivity index (χ0v) is 10.4. The lowest BCUT2D eigenvalue weighted by Gasteiger charge is -2.18. The molecule has 16 heavy (non-hydrogen) atoms. The lowest BCUT2D eigenvalue weighted by Crippen LogP contribution is -2.36. The number of carbonyl (C=O) groups is 1. The molecule has 1 atom stereocenters. The second-order valence-electron chi connectivity index (χ2n) is 3.72. The fraction of sp³-hybridized carbons (Fsp3) is 0.364. The number of hydrogen-bond donors (Lipinski definition) is 1. The van der Waals surface area contributed by atoms with Crippen molar-refractivity contribution >= 4 is 27.5 Å². The van der Waals surface area contributed by atoms with E-state index in [1.165, 1.54) is 12.1 Å². The maximum absolute atomic E-state index is 12.9. The van der Waals surface area contributed by atoms with E-state index in [9.17, 15) is 9.18 Å². The summed E-state index contributed by atoms with van der Waals surface area (Å²) < 4.78 is 13.5. The predicted molar refractivity (Wildman–Crippen MR) is 63.9 cm³/mol. The van der Waals surface area contributed by atoms with Gasteiger partial charge in [-0.3, -0.25) is 4.79 Å². The molecule has 1 unspecified atom stereocenters. The van der Waals surface area contributed by atoms with E-state index in [1.807, 2.05) is 0 Å². The smallest absolute Gasteiger partial charge is 0.244 e. The summed E-state index contributed by atoms with van der Waals surface area (Å²) in [5.41, 5.74) is 0.726. The maximum atomic E-state index is 12.9. The standard InChI is InChI=1S/C11H12BrFN2O/c1-14-9-4-5-15(11(9)16)10-3-2-7(13)6-8(10)12/h2-3,6,9,14H,4-5H2,1H3. The van der Waals surface area contributed by atoms with Crippen LogP contribution in [0.5, 0.6) is 0 Å². The van der Waals surface area contributed by atoms with Crippen LogP contribution in [0.15, 0.2) is 22.7 Å². The van der Waals surface area contributed by atoms with Crippen LogP contribution in [0.4, 0.5) is 10.1 Å². The Morgan fingerprint density at radius 3 is 2.88 bits per heavy atom. The van der Waals surface area contributed by atoms with Gasteiger partial charge >= 0.3 is 0 Å². The maximum Gasteiger partial charge on any atom is 0.244 e. The molecule has 86 valence electrons. The molecule has 1 aromatic rings. The van der Waals surface area contributed by atoms with Crippen molar-refractivity contribution in [2.75, 3.05) is 18.5 Å². The summed E-state index contributed by atoms with van der Waals surface area (Å²) in [6.45, 7) is 0.661. The summed E-state index contributed by atoms with van der Waals surface area (Å²) in [7, 11) is 1.77. The molecule has 1 heterocycles. The third-order valence-electron chi connectivity index (χ3n) is 2.75. The number of likely N-dealkylation sites (N-methyl/N-ethyl adjacent to an activating group) is 1. The molecule has 1 aliphatic heterocycles. The Morgan fingerprint density at radius 1 is 1.56 bits per heavy atom. The van der Waals surface area contributed by atoms with Crippen LogP contribution < -0.4 is 10.2 Å². The SMILES string of the molecule is CNC1CCN(c2ccc(F)cc2Br)C1=O. The van der Waals surface area contributed by atoms with Gasteiger partial charge in [0.2, 0.25) is 5.91 Å². The van der Waals surface area contributed by atoms with Gasteiger partial charge in [-0.2, -0.15) is 0 Å². The molecule has 1 fully saturated rings. The monoisotopic (exact) mass is 286 g/mol. The number of halogens is 2. The average Bonchev–Trinajstić information content (AvgIpc) is 2.60. The fourth-order valence-corrected chi connectivity index (χ4v) is 2.45. The summed E-state index contributed by atoms with van der Waals surface area (Å²) in [5.74, 6) is -0.276. The van der Waals surface area contributed by atoms with Gasteiger partial charge in [-0.15, -0.1) is 0 Å². The average molecular weight is 287 g/mol. The van der Waals surface area contributed by atoms with Crippen LogP contribution in [-0.4, -0.2) is 25.5 Å². The van der Waals surface area contributed by atoms with Crippen LogP contribution in [0.25, 0.3) is 0 Å². The number of rotatable bonds is 2. The van der Waals surface area contributed by atoms with Gasteiger partial charge in [0.25, 0.3) is 0 Å². The van der Waals surface area contributed by atoms with Crippen molar-refractivity contribution in [3.05, 3.63) is 28.5 Å². The Hall–Kier alpha value is -0.940. The van der Waals surface area contributed by atoms with Crippen molar-refractivity contribution in [3.8, 4) is 0 Å². The molecule has 0 saturated carbocycles. The van der Waals surface area contributed by atoms with Crippen molar-refractivity contribution in [1.82, 2.24) is 5.32 Å². The van der Waals surface area contributed by atoms with E-state index in [0.717, 1.165) is 12.1 Å². The first-order valence-electron chi connectivity index (χ1n) is 5.07. The highest BCUT2D eigenvalue weighted by molar-refractivity contribution is 9.10. The minimum Gasteiger partial charge on any atom is -0.310 e. The quantitative estimate of drug-likeness (QED) is 0.901. The van der Waals surface area contributed by atoms with E-state index >= 15 is 0 Å². The van der Waals surface area contributed by atoms with Gasteiger partial charge in [0.05, 0.1) is 11.7 Å². The molecule has 2 rings (SSSR count). The fourth-order valence-electron chi connectivity index (χ4n) is 1.89. The minimum absolute atomic E-state index is 0.0369. The van der Waals surface area contributed by atoms with Crippen LogP contribution >= 0.6 is 15.9 Å². The molecule has 1 aromatic carbocycles. The van der Waals surface area contributed by atoms with Gasteiger partial charge in [0.1, 0.15) is 5.82 Å². The van der Waals surface area contributed by atoms with Gasteiger partial charge in [0, 0.05) is 11.0 Å². The van der Waals surface area contributed by atoms with Crippen molar-refractivity contribution in [3.63, 3.8) is 0 Å². The molecular weight excluding hydrogens is 275 g/mol. The third-order valence-corrected chi connectivity index (χ3v) is 3.39. The van der Waals surface area contributed by atoms with E-state index in [1.54, 1.807) is 18.0 Å². The molecule has 0 bridgehead atoms. The lowest BCUT2D eigenvalue weighted by molar-refractivity contribution is -0.118. The molecule has 1 amide bonds. The Labute approximate surface area is 102 Å². The van der Waals surface area contributed by atoms with Crippen molar-refractivity contribution in [2.45, 2.75) is 12.5 Å². The zero-order valence-electron chi connectivity index (χ0n) is 8.84. The number of nitrogens with zero attached hydrogens (tertiary/aromatic N) is 1. The number of hydrogen-bond acceptors (Lipinski definition) is 2. The number of carbonyl (C=O) groups excluding carboxylic acids is 1. The van der Waals surface area contributed by atoms with Crippen LogP contribution in [0.1, 0.15) is 6.42 Å². The number of benzene rings is 1. The lowest BCUT2D eigenvalue weighted by atomic mass is 10.2. The Bertz CT molecular complexity index is 424. The summed E-state index contributed by atoms with van der Waals surface area (Å²) in [6.07, 6.45) is 0.777. The van der Waals surface area contributed by atoms with E-state index < -0.39 is 0 Å². The highest BCUT2D eigenvalue weighted by Gasteiger charge is 2.32. The largest absolute Gasteiger partial charge is 0.310 e. The van der Waals surface area contributed by atoms with Crippen LogP contribution in [0.3, 0.4) is 0 Å². The van der Waals surface area contributed by atoms with E-state index in [2.05, 4.69) is 21.2 Å². The first kappa shape index (κ1) is 11.5. The highest BCUT2D eigenvalue weighted by Crippen LogP contribution is 2.30. The topological polar surface area (TPSA) is 32.3 Å². The van der Waals surface area contributed by atoms with Gasteiger partial charge in [0.15, 0.2) is 0 Å². The number of nitrogens with one attached hydrogen (secondary N) is 1. The minimum atomic E-state index is -0.313. The molecule has 1 saturated heterocycles. The summed E-state index contributed by atoms with van der Waals surface area (Å²) in [5, 5.41) is 2.96. The first-order valence-corrected chi connectivity index (χ1v) is 5.86. The summed E-state index contributed by atoms with van der Waals surface area (Å²) in [6, 6.07) is 4.22. The van der Waals surface area contributed by atoms with E-state index in [-0.39, 0.29) is 17.8 Å². The number of amides is 1. The van der Waals surface area contributed by atoms with Gasteiger partial charge in [-0.25, -0.2) is 4.39 Å². The summed E-state index contributed by atoms with van der Waals surface area (Å²) >= 11 is 3.27. The molecule has 1 aliphatic rings. The Kier molecular flexibility index (Phi) is 3.25. The van der Waals surface area contributed by atoms with Crippen LogP contribution in [0.2, 0.25) is 0 Å². The van der Waals surface area contributed by atoms with Crippen LogP contribution in [-0.2, 0) is 4.79 Å². The highest BCUT2D eigenvalue weighted by atomic mass is 79.9. The molecule has 0 radical (unpaired) electrons. The molecule has 3 nitrogen and oxygen atoms in total. The first-order chi connectivity index (χ1) is 7.63. The van der Waals surface area contributed by atoms with E-state index in [4.69, 9.17) is 0 Å². The third kappa shape index (κ3) is 1.97.